The van der Waals surface area contributed by atoms with Crippen LogP contribution >= 0.6 is 0 Å². The van der Waals surface area contributed by atoms with E-state index in [1.807, 2.05) is 17.2 Å². The predicted molar refractivity (Wildman–Crippen MR) is 85.2 cm³/mol. The number of rotatable bonds is 3. The monoisotopic (exact) mass is 311 g/mol. The van der Waals surface area contributed by atoms with Crippen LogP contribution in [-0.2, 0) is 0 Å². The van der Waals surface area contributed by atoms with Crippen molar-refractivity contribution in [3.8, 4) is 0 Å². The molecule has 2 aromatic heterocycles. The lowest BCUT2D eigenvalue weighted by Gasteiger charge is -2.51. The summed E-state index contributed by atoms with van der Waals surface area (Å²) in [6.45, 7) is 4.16. The van der Waals surface area contributed by atoms with Gasteiger partial charge in [-0.15, -0.1) is 0 Å². The van der Waals surface area contributed by atoms with Gasteiger partial charge in [0.25, 0.3) is 5.91 Å². The third-order valence-electron chi connectivity index (χ3n) is 5.82. The van der Waals surface area contributed by atoms with Crippen LogP contribution in [-0.4, -0.2) is 62.0 Å². The van der Waals surface area contributed by atoms with Crippen LogP contribution in [0, 0.1) is 5.92 Å². The van der Waals surface area contributed by atoms with Gasteiger partial charge in [0.05, 0.1) is 6.20 Å². The molecule has 2 aliphatic heterocycles. The van der Waals surface area contributed by atoms with Gasteiger partial charge in [-0.3, -0.25) is 9.69 Å². The molecule has 1 aliphatic carbocycles. The summed E-state index contributed by atoms with van der Waals surface area (Å²) in [7, 11) is 0. The number of likely N-dealkylation sites (tertiary alicyclic amines) is 2. The third kappa shape index (κ3) is 2.08. The fourth-order valence-electron chi connectivity index (χ4n) is 4.12. The minimum atomic E-state index is 0.0776. The van der Waals surface area contributed by atoms with E-state index >= 15 is 0 Å². The van der Waals surface area contributed by atoms with E-state index in [2.05, 4.69) is 15.0 Å². The number of aromatic nitrogens is 3. The van der Waals surface area contributed by atoms with Gasteiger partial charge in [-0.2, -0.15) is 5.10 Å². The van der Waals surface area contributed by atoms with Crippen molar-refractivity contribution in [2.45, 2.75) is 31.2 Å². The Morgan fingerprint density at radius 1 is 1.30 bits per heavy atom. The number of carbonyl (C=O) groups is 1. The second-order valence-electron chi connectivity index (χ2n) is 7.29. The highest BCUT2D eigenvalue weighted by Crippen LogP contribution is 2.42. The molecule has 0 bridgehead atoms. The lowest BCUT2D eigenvalue weighted by molar-refractivity contribution is -0.00930. The van der Waals surface area contributed by atoms with E-state index in [1.54, 1.807) is 16.9 Å². The number of hydrogen-bond acceptors (Lipinski definition) is 4. The molecule has 6 nitrogen and oxygen atoms in total. The Morgan fingerprint density at radius 2 is 2.17 bits per heavy atom. The van der Waals surface area contributed by atoms with Crippen molar-refractivity contribution in [2.75, 3.05) is 26.2 Å². The van der Waals surface area contributed by atoms with Crippen molar-refractivity contribution in [2.24, 2.45) is 5.92 Å². The molecule has 120 valence electrons. The maximum absolute atomic E-state index is 12.9. The third-order valence-corrected chi connectivity index (χ3v) is 5.82. The molecule has 2 aromatic rings. The Bertz CT molecular complexity index is 767. The number of hydrogen-bond donors (Lipinski definition) is 0. The zero-order valence-corrected chi connectivity index (χ0v) is 13.2. The standard InChI is InChI=1S/C17H21N5O/c23-16(14-10-19-22-7-1-6-18-15(14)22)20-8-4-17(12-20)5-9-21(17)11-13-2-3-13/h1,6-7,10,13H,2-5,8-9,11-12H2/t17-/m1/s1. The van der Waals surface area contributed by atoms with Gasteiger partial charge >= 0.3 is 0 Å². The molecule has 0 unspecified atom stereocenters. The van der Waals surface area contributed by atoms with Crippen molar-refractivity contribution in [1.29, 1.82) is 0 Å². The molecule has 3 fully saturated rings. The molecule has 1 atom stereocenters. The van der Waals surface area contributed by atoms with E-state index in [0.29, 0.717) is 11.2 Å². The van der Waals surface area contributed by atoms with Gasteiger partial charge in [0.15, 0.2) is 5.65 Å². The van der Waals surface area contributed by atoms with Crippen molar-refractivity contribution >= 4 is 11.6 Å². The SMILES string of the molecule is O=C(c1cnn2cccnc12)N1CC[C@@]2(CCN2CC2CC2)C1. The van der Waals surface area contributed by atoms with Crippen LogP contribution in [0.15, 0.2) is 24.7 Å². The molecule has 3 aliphatic rings. The molecular weight excluding hydrogens is 290 g/mol. The lowest BCUT2D eigenvalue weighted by Crippen LogP contribution is -2.61. The van der Waals surface area contributed by atoms with Gasteiger partial charge in [-0.25, -0.2) is 9.50 Å². The van der Waals surface area contributed by atoms with Crippen molar-refractivity contribution in [3.63, 3.8) is 0 Å². The molecule has 4 heterocycles. The Kier molecular flexibility index (Phi) is 2.80. The minimum absolute atomic E-state index is 0.0776. The summed E-state index contributed by atoms with van der Waals surface area (Å²) in [5.41, 5.74) is 1.53. The highest BCUT2D eigenvalue weighted by Gasteiger charge is 2.51. The second kappa shape index (κ2) is 4.77. The molecule has 1 saturated carbocycles. The van der Waals surface area contributed by atoms with Crippen molar-refractivity contribution in [3.05, 3.63) is 30.2 Å². The maximum Gasteiger partial charge on any atom is 0.259 e. The van der Waals surface area contributed by atoms with Crippen LogP contribution in [0.4, 0.5) is 0 Å². The summed E-state index contributed by atoms with van der Waals surface area (Å²) in [4.78, 5) is 21.9. The van der Waals surface area contributed by atoms with E-state index in [0.717, 1.165) is 25.4 Å². The highest BCUT2D eigenvalue weighted by molar-refractivity contribution is 5.99. The molecule has 5 rings (SSSR count). The van der Waals surface area contributed by atoms with Gasteiger partial charge in [-0.05, 0) is 37.7 Å². The second-order valence-corrected chi connectivity index (χ2v) is 7.29. The first kappa shape index (κ1) is 13.5. The smallest absolute Gasteiger partial charge is 0.259 e. The van der Waals surface area contributed by atoms with Crippen molar-refractivity contribution in [1.82, 2.24) is 24.4 Å². The van der Waals surface area contributed by atoms with Crippen LogP contribution in [0.2, 0.25) is 0 Å². The maximum atomic E-state index is 12.9. The van der Waals surface area contributed by atoms with Crippen LogP contribution in [0.3, 0.4) is 0 Å². The minimum Gasteiger partial charge on any atom is -0.337 e. The predicted octanol–water partition coefficient (Wildman–Crippen LogP) is 1.43. The summed E-state index contributed by atoms with van der Waals surface area (Å²) >= 11 is 0. The molecule has 0 radical (unpaired) electrons. The summed E-state index contributed by atoms with van der Waals surface area (Å²) in [5, 5.41) is 4.24. The van der Waals surface area contributed by atoms with Gasteiger partial charge in [0.2, 0.25) is 0 Å². The summed E-state index contributed by atoms with van der Waals surface area (Å²) < 4.78 is 1.67. The summed E-state index contributed by atoms with van der Waals surface area (Å²) in [5.74, 6) is 0.995. The van der Waals surface area contributed by atoms with E-state index in [9.17, 15) is 4.79 Å². The summed E-state index contributed by atoms with van der Waals surface area (Å²) in [6.07, 6.45) is 10.3. The van der Waals surface area contributed by atoms with Gasteiger partial charge in [0.1, 0.15) is 5.56 Å². The highest BCUT2D eigenvalue weighted by atomic mass is 16.2. The molecule has 23 heavy (non-hydrogen) atoms. The fourth-order valence-corrected chi connectivity index (χ4v) is 4.12. The molecule has 1 amide bonds. The van der Waals surface area contributed by atoms with E-state index in [-0.39, 0.29) is 11.4 Å². The first-order valence-electron chi connectivity index (χ1n) is 8.58. The normalized spacial score (nSPS) is 27.7. The van der Waals surface area contributed by atoms with Crippen LogP contribution in [0.5, 0.6) is 0 Å². The van der Waals surface area contributed by atoms with Crippen molar-refractivity contribution < 1.29 is 4.79 Å². The first-order chi connectivity index (χ1) is 11.3. The van der Waals surface area contributed by atoms with Gasteiger partial charge in [-0.1, -0.05) is 0 Å². The quantitative estimate of drug-likeness (QED) is 0.860. The average molecular weight is 311 g/mol. The molecule has 6 heteroatoms. The molecule has 2 saturated heterocycles. The lowest BCUT2D eigenvalue weighted by atomic mass is 9.83. The van der Waals surface area contributed by atoms with Crippen LogP contribution < -0.4 is 0 Å². The van der Waals surface area contributed by atoms with Gasteiger partial charge < -0.3 is 4.90 Å². The number of amides is 1. The Morgan fingerprint density at radius 3 is 2.96 bits per heavy atom. The largest absolute Gasteiger partial charge is 0.337 e. The Labute approximate surface area is 135 Å². The molecule has 1 spiro atoms. The topological polar surface area (TPSA) is 53.7 Å². The Hall–Kier alpha value is -1.95. The number of nitrogens with zero attached hydrogens (tertiary/aromatic N) is 5. The van der Waals surface area contributed by atoms with Gasteiger partial charge in [0, 0.05) is 44.1 Å². The zero-order valence-electron chi connectivity index (χ0n) is 13.2. The zero-order chi connectivity index (χ0) is 15.4. The summed E-state index contributed by atoms with van der Waals surface area (Å²) in [6, 6.07) is 1.82. The number of carbonyl (C=O) groups excluding carboxylic acids is 1. The van der Waals surface area contributed by atoms with E-state index in [1.165, 1.54) is 32.4 Å². The fraction of sp³-hybridized carbons (Fsp3) is 0.588. The molecule has 0 N–H and O–H groups in total. The van der Waals surface area contributed by atoms with E-state index < -0.39 is 0 Å². The van der Waals surface area contributed by atoms with E-state index in [4.69, 9.17) is 0 Å². The van der Waals surface area contributed by atoms with Crippen LogP contribution in [0.25, 0.3) is 5.65 Å². The average Bonchev–Trinajstić information content (AvgIpc) is 3.11. The Balaban J connectivity index is 1.35. The van der Waals surface area contributed by atoms with Crippen LogP contribution in [0.1, 0.15) is 36.0 Å². The molecular formula is C17H21N5O. The molecule has 0 aromatic carbocycles. The first-order valence-corrected chi connectivity index (χ1v) is 8.58. The number of fused-ring (bicyclic) bond motifs is 1.